The van der Waals surface area contributed by atoms with Crippen molar-refractivity contribution in [2.75, 3.05) is 0 Å². The van der Waals surface area contributed by atoms with Crippen LogP contribution < -0.4 is 0 Å². The summed E-state index contributed by atoms with van der Waals surface area (Å²) in [7, 11) is 0. The van der Waals surface area contributed by atoms with E-state index < -0.39 is 23.8 Å². The van der Waals surface area contributed by atoms with Crippen molar-refractivity contribution in [3.05, 3.63) is 12.2 Å². The van der Waals surface area contributed by atoms with Crippen LogP contribution in [0, 0.1) is 53.3 Å². The number of alkyl halides is 3. The monoisotopic (exact) mass is 328 g/mol. The number of aliphatic hydroxyl groups is 2. The van der Waals surface area contributed by atoms with Crippen LogP contribution in [-0.2, 0) is 0 Å². The molecule has 0 saturated heterocycles. The van der Waals surface area contributed by atoms with Crippen LogP contribution in [0.4, 0.5) is 13.2 Å². The van der Waals surface area contributed by atoms with E-state index in [1.54, 1.807) is 0 Å². The molecule has 0 spiro atoms. The van der Waals surface area contributed by atoms with E-state index in [2.05, 4.69) is 12.2 Å². The standard InChI is InChI=1S/C18H23F3O2/c1-17(23,18(19,20)21)12-6-10-9-5-11(15(10)16(12)22)14-8-3-2-7(4-8)13(9)14/h2-3,7-16,22-23H,4-6H2,1H3. The topological polar surface area (TPSA) is 40.5 Å². The Kier molecular flexibility index (Phi) is 2.67. The third-order valence-corrected chi connectivity index (χ3v) is 8.28. The molecule has 4 saturated carbocycles. The molecule has 0 aliphatic heterocycles. The van der Waals surface area contributed by atoms with Gasteiger partial charge < -0.3 is 10.2 Å². The highest BCUT2D eigenvalue weighted by molar-refractivity contribution is 5.24. The maximum absolute atomic E-state index is 13.2. The van der Waals surface area contributed by atoms with Gasteiger partial charge >= 0.3 is 6.18 Å². The average Bonchev–Trinajstić information content (AvgIpc) is 3.20. The van der Waals surface area contributed by atoms with Crippen LogP contribution in [0.15, 0.2) is 12.2 Å². The summed E-state index contributed by atoms with van der Waals surface area (Å²) >= 11 is 0. The largest absolute Gasteiger partial charge is 0.417 e. The van der Waals surface area contributed by atoms with Crippen molar-refractivity contribution < 1.29 is 23.4 Å². The zero-order chi connectivity index (χ0) is 16.3. The Morgan fingerprint density at radius 1 is 0.870 bits per heavy atom. The van der Waals surface area contributed by atoms with Gasteiger partial charge in [0.25, 0.3) is 0 Å². The molecule has 0 radical (unpaired) electrons. The minimum absolute atomic E-state index is 0.0344. The number of hydrogen-bond acceptors (Lipinski definition) is 2. The van der Waals surface area contributed by atoms with Crippen molar-refractivity contribution >= 4 is 0 Å². The fraction of sp³-hybridized carbons (Fsp3) is 0.889. The van der Waals surface area contributed by atoms with E-state index >= 15 is 0 Å². The van der Waals surface area contributed by atoms with Gasteiger partial charge in [-0.2, -0.15) is 13.2 Å². The molecule has 128 valence electrons. The Bertz CT molecular complexity index is 569. The van der Waals surface area contributed by atoms with Crippen molar-refractivity contribution in [3.63, 3.8) is 0 Å². The zero-order valence-electron chi connectivity index (χ0n) is 13.1. The third kappa shape index (κ3) is 1.59. The molecule has 0 aromatic carbocycles. The molecule has 5 aliphatic rings. The minimum atomic E-state index is -4.69. The van der Waals surface area contributed by atoms with Gasteiger partial charge in [0.05, 0.1) is 6.10 Å². The summed E-state index contributed by atoms with van der Waals surface area (Å²) in [5.74, 6) is 2.26. The molecule has 5 rings (SSSR count). The lowest BCUT2D eigenvalue weighted by Crippen LogP contribution is -2.52. The molecule has 2 N–H and O–H groups in total. The first-order chi connectivity index (χ1) is 10.7. The van der Waals surface area contributed by atoms with Gasteiger partial charge in [0, 0.05) is 5.92 Å². The number of rotatable bonds is 1. The lowest BCUT2D eigenvalue weighted by atomic mass is 9.65. The van der Waals surface area contributed by atoms with Crippen molar-refractivity contribution in [3.8, 4) is 0 Å². The van der Waals surface area contributed by atoms with Gasteiger partial charge in [-0.1, -0.05) is 12.2 Å². The summed E-state index contributed by atoms with van der Waals surface area (Å²) in [4.78, 5) is 0. The minimum Gasteiger partial charge on any atom is -0.392 e. The van der Waals surface area contributed by atoms with E-state index in [0.717, 1.165) is 13.3 Å². The molecule has 0 aromatic rings. The Morgan fingerprint density at radius 2 is 1.43 bits per heavy atom. The fourth-order valence-electron chi connectivity index (χ4n) is 7.52. The fourth-order valence-corrected chi connectivity index (χ4v) is 7.52. The van der Waals surface area contributed by atoms with Crippen molar-refractivity contribution in [1.82, 2.24) is 0 Å². The molecule has 5 heteroatoms. The Balaban J connectivity index is 1.47. The van der Waals surface area contributed by atoms with E-state index in [0.29, 0.717) is 41.9 Å². The van der Waals surface area contributed by atoms with E-state index in [1.165, 1.54) is 6.42 Å². The second-order valence-corrected chi connectivity index (χ2v) is 8.89. The molecule has 0 aromatic heterocycles. The van der Waals surface area contributed by atoms with E-state index in [-0.39, 0.29) is 11.8 Å². The highest BCUT2D eigenvalue weighted by atomic mass is 19.4. The maximum Gasteiger partial charge on any atom is 0.417 e. The van der Waals surface area contributed by atoms with E-state index in [9.17, 15) is 23.4 Å². The Hall–Kier alpha value is -0.550. The summed E-state index contributed by atoms with van der Waals surface area (Å²) in [5.41, 5.74) is -2.79. The number of aliphatic hydroxyl groups excluding tert-OH is 1. The molecular weight excluding hydrogens is 305 g/mol. The predicted molar refractivity (Wildman–Crippen MR) is 77.1 cm³/mol. The lowest BCUT2D eigenvalue weighted by molar-refractivity contribution is -0.280. The normalized spacial score (nSPS) is 58.5. The zero-order valence-corrected chi connectivity index (χ0v) is 13.1. The highest BCUT2D eigenvalue weighted by Gasteiger charge is 2.71. The molecular formula is C18H23F3O2. The lowest BCUT2D eigenvalue weighted by Gasteiger charge is -2.40. The number of fused-ring (bicyclic) bond motifs is 12. The first kappa shape index (κ1) is 14.8. The molecule has 11 unspecified atom stereocenters. The van der Waals surface area contributed by atoms with E-state index in [4.69, 9.17) is 0 Å². The average molecular weight is 328 g/mol. The van der Waals surface area contributed by atoms with Crippen LogP contribution in [0.25, 0.3) is 0 Å². The van der Waals surface area contributed by atoms with Gasteiger partial charge in [0.15, 0.2) is 5.60 Å². The van der Waals surface area contributed by atoms with Gasteiger partial charge in [-0.15, -0.1) is 0 Å². The smallest absolute Gasteiger partial charge is 0.392 e. The van der Waals surface area contributed by atoms with Crippen LogP contribution in [0.3, 0.4) is 0 Å². The van der Waals surface area contributed by atoms with E-state index in [1.807, 2.05) is 0 Å². The summed E-state index contributed by atoms with van der Waals surface area (Å²) < 4.78 is 39.7. The second-order valence-electron chi connectivity index (χ2n) is 8.89. The number of halogens is 3. The van der Waals surface area contributed by atoms with Crippen LogP contribution in [0.1, 0.15) is 26.2 Å². The summed E-state index contributed by atoms with van der Waals surface area (Å²) in [6, 6.07) is 0. The van der Waals surface area contributed by atoms with Gasteiger partial charge in [-0.25, -0.2) is 0 Å². The quantitative estimate of drug-likeness (QED) is 0.574. The SMILES string of the molecule is CC(O)(C1CC2C3CC(C2C1O)C1C2C=CC(C2)C31)C(F)(F)F. The number of allylic oxidation sites excluding steroid dienone is 2. The van der Waals surface area contributed by atoms with Crippen LogP contribution in [-0.4, -0.2) is 28.1 Å². The van der Waals surface area contributed by atoms with Crippen LogP contribution >= 0.6 is 0 Å². The van der Waals surface area contributed by atoms with Crippen molar-refractivity contribution in [2.45, 2.75) is 44.1 Å². The van der Waals surface area contributed by atoms with Crippen LogP contribution in [0.2, 0.25) is 0 Å². The van der Waals surface area contributed by atoms with Gasteiger partial charge in [0.2, 0.25) is 0 Å². The molecule has 5 aliphatic carbocycles. The second kappa shape index (κ2) is 4.16. The van der Waals surface area contributed by atoms with Gasteiger partial charge in [0.1, 0.15) is 0 Å². The summed E-state index contributed by atoms with van der Waals surface area (Å²) in [6.07, 6.45) is 1.52. The Labute approximate surface area is 133 Å². The molecule has 4 bridgehead atoms. The highest BCUT2D eigenvalue weighted by Crippen LogP contribution is 2.72. The van der Waals surface area contributed by atoms with Gasteiger partial charge in [-0.05, 0) is 73.5 Å². The van der Waals surface area contributed by atoms with Crippen molar-refractivity contribution in [2.24, 2.45) is 53.3 Å². The molecule has 11 atom stereocenters. The summed E-state index contributed by atoms with van der Waals surface area (Å²) in [5, 5.41) is 20.8. The first-order valence-electron chi connectivity index (χ1n) is 8.87. The van der Waals surface area contributed by atoms with Crippen molar-refractivity contribution in [1.29, 1.82) is 0 Å². The predicted octanol–water partition coefficient (Wildman–Crippen LogP) is 3.00. The third-order valence-electron chi connectivity index (χ3n) is 8.28. The van der Waals surface area contributed by atoms with Crippen LogP contribution in [0.5, 0.6) is 0 Å². The molecule has 2 nitrogen and oxygen atoms in total. The molecule has 23 heavy (non-hydrogen) atoms. The molecule has 4 fully saturated rings. The number of hydrogen-bond donors (Lipinski definition) is 2. The summed E-state index contributed by atoms with van der Waals surface area (Å²) in [6.45, 7) is 0.843. The first-order valence-corrected chi connectivity index (χ1v) is 8.87. The molecule has 0 heterocycles. The van der Waals surface area contributed by atoms with Gasteiger partial charge in [-0.3, -0.25) is 0 Å². The maximum atomic E-state index is 13.2. The molecule has 0 amide bonds. The Morgan fingerprint density at radius 3 is 2.04 bits per heavy atom.